The fourth-order valence-corrected chi connectivity index (χ4v) is 3.27. The van der Waals surface area contributed by atoms with E-state index in [2.05, 4.69) is 48.3 Å². The van der Waals surface area contributed by atoms with Gasteiger partial charge in [-0.2, -0.15) is 0 Å². The van der Waals surface area contributed by atoms with Gasteiger partial charge in [-0.3, -0.25) is 0 Å². The van der Waals surface area contributed by atoms with Crippen LogP contribution in [0.25, 0.3) is 0 Å². The maximum atomic E-state index is 4.54. The third-order valence-electron chi connectivity index (χ3n) is 3.60. The molecule has 4 heteroatoms. The quantitative estimate of drug-likeness (QED) is 0.899. The Balaban J connectivity index is 1.67. The lowest BCUT2D eigenvalue weighted by Crippen LogP contribution is -2.39. The van der Waals surface area contributed by atoms with E-state index < -0.39 is 0 Å². The molecular weight excluding hydrogens is 254 g/mol. The summed E-state index contributed by atoms with van der Waals surface area (Å²) in [5.74, 6) is 0.817. The van der Waals surface area contributed by atoms with Crippen molar-refractivity contribution < 1.29 is 0 Å². The minimum atomic E-state index is 0.242. The molecule has 108 valence electrons. The van der Waals surface area contributed by atoms with Crippen LogP contribution in [-0.2, 0) is 6.42 Å². The summed E-state index contributed by atoms with van der Waals surface area (Å²) < 4.78 is 0. The van der Waals surface area contributed by atoms with E-state index in [9.17, 15) is 0 Å². The topological polar surface area (TPSA) is 28.2 Å². The van der Waals surface area contributed by atoms with Crippen LogP contribution in [0.2, 0.25) is 0 Å². The van der Waals surface area contributed by atoms with Gasteiger partial charge in [0.05, 0.1) is 5.01 Å². The molecular formula is C15H27N3S. The Morgan fingerprint density at radius 1 is 1.47 bits per heavy atom. The summed E-state index contributed by atoms with van der Waals surface area (Å²) >= 11 is 1.80. The molecule has 1 saturated heterocycles. The van der Waals surface area contributed by atoms with Crippen LogP contribution in [0.1, 0.15) is 37.9 Å². The number of thiazole rings is 1. The van der Waals surface area contributed by atoms with Crippen LogP contribution >= 0.6 is 11.3 Å². The van der Waals surface area contributed by atoms with E-state index in [1.54, 1.807) is 11.3 Å². The van der Waals surface area contributed by atoms with E-state index in [0.717, 1.165) is 24.6 Å². The van der Waals surface area contributed by atoms with Gasteiger partial charge in [0.15, 0.2) is 0 Å². The van der Waals surface area contributed by atoms with Crippen molar-refractivity contribution in [2.75, 3.05) is 26.2 Å². The Morgan fingerprint density at radius 3 is 2.89 bits per heavy atom. The summed E-state index contributed by atoms with van der Waals surface area (Å²) in [5.41, 5.74) is 1.40. The second kappa shape index (κ2) is 6.33. The minimum Gasteiger partial charge on any atom is -0.312 e. The number of likely N-dealkylation sites (tertiary alicyclic amines) is 1. The molecule has 1 fully saturated rings. The summed E-state index contributed by atoms with van der Waals surface area (Å²) in [6, 6.07) is 0. The first-order valence-electron chi connectivity index (χ1n) is 7.31. The normalized spacial score (nSPS) is 21.2. The third-order valence-corrected chi connectivity index (χ3v) is 4.63. The van der Waals surface area contributed by atoms with E-state index in [4.69, 9.17) is 0 Å². The van der Waals surface area contributed by atoms with Crippen LogP contribution in [0, 0.1) is 12.8 Å². The van der Waals surface area contributed by atoms with E-state index in [0.29, 0.717) is 0 Å². The SMILES string of the molecule is Cc1csc(CCN2CCC(CNC(C)(C)C)C2)n1. The molecule has 1 atom stereocenters. The van der Waals surface area contributed by atoms with Crippen LogP contribution in [0.15, 0.2) is 5.38 Å². The maximum Gasteiger partial charge on any atom is 0.0940 e. The molecule has 0 bridgehead atoms. The van der Waals surface area contributed by atoms with E-state index in [-0.39, 0.29) is 5.54 Å². The Labute approximate surface area is 121 Å². The summed E-state index contributed by atoms with van der Waals surface area (Å²) in [7, 11) is 0. The summed E-state index contributed by atoms with van der Waals surface area (Å²) in [4.78, 5) is 7.13. The molecule has 1 unspecified atom stereocenters. The van der Waals surface area contributed by atoms with Crippen LogP contribution in [0.5, 0.6) is 0 Å². The van der Waals surface area contributed by atoms with Gasteiger partial charge in [-0.05, 0) is 53.1 Å². The lowest BCUT2D eigenvalue weighted by molar-refractivity contribution is 0.314. The van der Waals surface area contributed by atoms with Gasteiger partial charge in [0.25, 0.3) is 0 Å². The fourth-order valence-electron chi connectivity index (χ4n) is 2.50. The standard InChI is InChI=1S/C15H27N3S/c1-12-11-19-14(17-12)6-8-18-7-5-13(10-18)9-16-15(2,3)4/h11,13,16H,5-10H2,1-4H3. The van der Waals surface area contributed by atoms with Crippen molar-refractivity contribution in [1.29, 1.82) is 0 Å². The molecule has 0 radical (unpaired) electrons. The Hall–Kier alpha value is -0.450. The van der Waals surface area contributed by atoms with Crippen LogP contribution in [-0.4, -0.2) is 41.6 Å². The van der Waals surface area contributed by atoms with Crippen LogP contribution in [0.4, 0.5) is 0 Å². The monoisotopic (exact) mass is 281 g/mol. The number of hydrogen-bond donors (Lipinski definition) is 1. The first kappa shape index (κ1) is 14.9. The van der Waals surface area contributed by atoms with Crippen molar-refractivity contribution in [3.8, 4) is 0 Å². The second-order valence-corrected chi connectivity index (χ2v) is 7.66. The summed E-state index contributed by atoms with van der Waals surface area (Å²) in [5, 5.41) is 7.06. The number of nitrogens with one attached hydrogen (secondary N) is 1. The lowest BCUT2D eigenvalue weighted by atomic mass is 10.1. The van der Waals surface area contributed by atoms with E-state index in [1.165, 1.54) is 31.1 Å². The molecule has 1 aromatic rings. The van der Waals surface area contributed by atoms with Gasteiger partial charge >= 0.3 is 0 Å². The highest BCUT2D eigenvalue weighted by atomic mass is 32.1. The second-order valence-electron chi connectivity index (χ2n) is 6.72. The highest BCUT2D eigenvalue weighted by Gasteiger charge is 2.23. The number of nitrogens with zero attached hydrogens (tertiary/aromatic N) is 2. The Kier molecular flexibility index (Phi) is 4.98. The van der Waals surface area contributed by atoms with Gasteiger partial charge in [-0.25, -0.2) is 4.98 Å². The smallest absolute Gasteiger partial charge is 0.0940 e. The molecule has 1 aromatic heterocycles. The Bertz CT molecular complexity index is 394. The fraction of sp³-hybridized carbons (Fsp3) is 0.800. The molecule has 3 nitrogen and oxygen atoms in total. The molecule has 0 amide bonds. The number of hydrogen-bond acceptors (Lipinski definition) is 4. The van der Waals surface area contributed by atoms with Crippen LogP contribution in [0.3, 0.4) is 0 Å². The summed E-state index contributed by atoms with van der Waals surface area (Å²) in [6.45, 7) is 13.6. The van der Waals surface area contributed by atoms with E-state index >= 15 is 0 Å². The van der Waals surface area contributed by atoms with Crippen LogP contribution < -0.4 is 5.32 Å². The zero-order chi connectivity index (χ0) is 13.9. The van der Waals surface area contributed by atoms with Gasteiger partial charge < -0.3 is 10.2 Å². The molecule has 0 aliphatic carbocycles. The summed E-state index contributed by atoms with van der Waals surface area (Å²) in [6.07, 6.45) is 2.44. The predicted molar refractivity (Wildman–Crippen MR) is 82.9 cm³/mol. The van der Waals surface area contributed by atoms with Gasteiger partial charge in [-0.1, -0.05) is 0 Å². The lowest BCUT2D eigenvalue weighted by Gasteiger charge is -2.23. The van der Waals surface area contributed by atoms with Crippen molar-refractivity contribution in [2.24, 2.45) is 5.92 Å². The maximum absolute atomic E-state index is 4.54. The van der Waals surface area contributed by atoms with Crippen molar-refractivity contribution in [1.82, 2.24) is 15.2 Å². The molecule has 2 heterocycles. The number of aryl methyl sites for hydroxylation is 1. The first-order chi connectivity index (χ1) is 8.92. The highest BCUT2D eigenvalue weighted by Crippen LogP contribution is 2.17. The third kappa shape index (κ3) is 5.21. The van der Waals surface area contributed by atoms with Gasteiger partial charge in [0, 0.05) is 36.1 Å². The molecule has 1 aliphatic heterocycles. The van der Waals surface area contributed by atoms with Crippen molar-refractivity contribution >= 4 is 11.3 Å². The van der Waals surface area contributed by atoms with Gasteiger partial charge in [0.1, 0.15) is 0 Å². The largest absolute Gasteiger partial charge is 0.312 e. The molecule has 1 aliphatic rings. The molecule has 19 heavy (non-hydrogen) atoms. The first-order valence-corrected chi connectivity index (χ1v) is 8.19. The van der Waals surface area contributed by atoms with Gasteiger partial charge in [-0.15, -0.1) is 11.3 Å². The number of aromatic nitrogens is 1. The Morgan fingerprint density at radius 2 is 2.26 bits per heavy atom. The molecule has 0 aromatic carbocycles. The zero-order valence-electron chi connectivity index (χ0n) is 12.7. The average Bonchev–Trinajstić information content (AvgIpc) is 2.92. The molecule has 1 N–H and O–H groups in total. The van der Waals surface area contributed by atoms with Crippen molar-refractivity contribution in [3.63, 3.8) is 0 Å². The molecule has 0 saturated carbocycles. The average molecular weight is 281 g/mol. The van der Waals surface area contributed by atoms with Crippen molar-refractivity contribution in [3.05, 3.63) is 16.1 Å². The zero-order valence-corrected chi connectivity index (χ0v) is 13.5. The molecule has 2 rings (SSSR count). The predicted octanol–water partition coefficient (Wildman–Crippen LogP) is 2.70. The van der Waals surface area contributed by atoms with Gasteiger partial charge in [0.2, 0.25) is 0 Å². The highest BCUT2D eigenvalue weighted by molar-refractivity contribution is 7.09. The number of rotatable bonds is 5. The molecule has 0 spiro atoms. The van der Waals surface area contributed by atoms with Crippen molar-refractivity contribution in [2.45, 2.75) is 46.1 Å². The van der Waals surface area contributed by atoms with E-state index in [1.807, 2.05) is 0 Å². The minimum absolute atomic E-state index is 0.242.